The van der Waals surface area contributed by atoms with Gasteiger partial charge >= 0.3 is 5.97 Å². The Labute approximate surface area is 171 Å². The topological polar surface area (TPSA) is 80.3 Å². The lowest BCUT2D eigenvalue weighted by Crippen LogP contribution is -2.63. The Hall–Kier alpha value is -1.32. The second kappa shape index (κ2) is 8.20. The van der Waals surface area contributed by atoms with Crippen molar-refractivity contribution < 1.29 is 33.3 Å². The van der Waals surface area contributed by atoms with E-state index in [4.69, 9.17) is 23.7 Å². The molecule has 3 aliphatic rings. The van der Waals surface area contributed by atoms with Crippen molar-refractivity contribution in [1.29, 1.82) is 0 Å². The normalized spacial score (nSPS) is 40.1. The third-order valence-electron chi connectivity index (χ3n) is 5.53. The van der Waals surface area contributed by atoms with E-state index < -0.39 is 24.0 Å². The van der Waals surface area contributed by atoms with Gasteiger partial charge in [0.15, 0.2) is 18.2 Å². The minimum Gasteiger partial charge on any atom is -0.458 e. The molecule has 0 saturated carbocycles. The predicted octanol–water partition coefficient (Wildman–Crippen LogP) is 2.31. The Morgan fingerprint density at radius 2 is 1.93 bits per heavy atom. The van der Waals surface area contributed by atoms with E-state index in [2.05, 4.69) is 15.9 Å². The molecule has 1 aromatic carbocycles. The number of carbonyl (C=O) groups is 2. The van der Waals surface area contributed by atoms with E-state index in [0.29, 0.717) is 25.7 Å². The Balaban J connectivity index is 1.46. The largest absolute Gasteiger partial charge is 0.458 e. The molecule has 0 N–H and O–H groups in total. The highest BCUT2D eigenvalue weighted by molar-refractivity contribution is 9.09. The highest BCUT2D eigenvalue weighted by Crippen LogP contribution is 2.41. The Morgan fingerprint density at radius 3 is 2.64 bits per heavy atom. The Bertz CT molecular complexity index is 714. The summed E-state index contributed by atoms with van der Waals surface area (Å²) in [7, 11) is 0. The van der Waals surface area contributed by atoms with E-state index in [1.807, 2.05) is 30.3 Å². The van der Waals surface area contributed by atoms with Crippen LogP contribution in [0, 0.1) is 0 Å². The molecule has 28 heavy (non-hydrogen) atoms. The van der Waals surface area contributed by atoms with Crippen LogP contribution in [0.15, 0.2) is 30.3 Å². The van der Waals surface area contributed by atoms with Gasteiger partial charge in [-0.15, -0.1) is 0 Å². The zero-order chi connectivity index (χ0) is 19.7. The molecule has 3 fully saturated rings. The molecule has 0 bridgehead atoms. The quantitative estimate of drug-likeness (QED) is 0.392. The van der Waals surface area contributed by atoms with Gasteiger partial charge in [-0.2, -0.15) is 0 Å². The van der Waals surface area contributed by atoms with Crippen molar-refractivity contribution in [3.8, 4) is 0 Å². The van der Waals surface area contributed by atoms with Crippen LogP contribution in [0.3, 0.4) is 0 Å². The average molecular weight is 455 g/mol. The molecule has 0 amide bonds. The van der Waals surface area contributed by atoms with E-state index in [1.165, 1.54) is 0 Å². The lowest BCUT2D eigenvalue weighted by Gasteiger charge is -2.51. The average Bonchev–Trinajstić information content (AvgIpc) is 2.73. The fourth-order valence-corrected chi connectivity index (χ4v) is 4.16. The Morgan fingerprint density at radius 1 is 1.18 bits per heavy atom. The number of aldehydes is 1. The lowest BCUT2D eigenvalue weighted by molar-refractivity contribution is -0.327. The minimum atomic E-state index is -1.21. The van der Waals surface area contributed by atoms with Crippen LogP contribution in [0.5, 0.6) is 0 Å². The molecule has 0 aromatic heterocycles. The van der Waals surface area contributed by atoms with Gasteiger partial charge in [-0.25, -0.2) is 0 Å². The van der Waals surface area contributed by atoms with Crippen molar-refractivity contribution in [2.45, 2.75) is 62.2 Å². The van der Waals surface area contributed by atoms with Gasteiger partial charge < -0.3 is 23.7 Å². The first-order chi connectivity index (χ1) is 13.5. The molecule has 152 valence electrons. The van der Waals surface area contributed by atoms with Gasteiger partial charge in [0.05, 0.1) is 24.9 Å². The first kappa shape index (κ1) is 20.0. The van der Waals surface area contributed by atoms with E-state index in [-0.39, 0.29) is 29.7 Å². The monoisotopic (exact) mass is 454 g/mol. The van der Waals surface area contributed by atoms with Crippen molar-refractivity contribution in [2.75, 3.05) is 11.9 Å². The zero-order valence-electron chi connectivity index (χ0n) is 15.5. The molecule has 7 nitrogen and oxygen atoms in total. The van der Waals surface area contributed by atoms with Crippen molar-refractivity contribution in [1.82, 2.24) is 0 Å². The molecule has 8 heteroatoms. The number of rotatable bonds is 4. The molecule has 3 saturated heterocycles. The maximum atomic E-state index is 11.7. The van der Waals surface area contributed by atoms with Gasteiger partial charge in [0.1, 0.15) is 17.5 Å². The van der Waals surface area contributed by atoms with Gasteiger partial charge in [-0.3, -0.25) is 9.59 Å². The number of fused-ring (bicyclic) bond motifs is 2. The van der Waals surface area contributed by atoms with Crippen molar-refractivity contribution >= 4 is 28.2 Å². The van der Waals surface area contributed by atoms with Crippen LogP contribution >= 0.6 is 15.9 Å². The molecule has 0 radical (unpaired) electrons. The predicted molar refractivity (Wildman–Crippen MR) is 101 cm³/mol. The maximum Gasteiger partial charge on any atom is 0.316 e. The molecule has 1 unspecified atom stereocenters. The fraction of sp³-hybridized carbons (Fsp3) is 0.600. The van der Waals surface area contributed by atoms with Gasteiger partial charge in [-0.1, -0.05) is 46.3 Å². The molecule has 3 aliphatic heterocycles. The molecule has 0 aliphatic carbocycles. The van der Waals surface area contributed by atoms with E-state index in [9.17, 15) is 9.59 Å². The second-order valence-electron chi connectivity index (χ2n) is 7.50. The lowest BCUT2D eigenvalue weighted by atomic mass is 9.85. The molecule has 4 rings (SSSR count). The number of benzene rings is 1. The zero-order valence-corrected chi connectivity index (χ0v) is 17.1. The summed E-state index contributed by atoms with van der Waals surface area (Å²) in [5, 5.41) is 0.0562. The van der Waals surface area contributed by atoms with Crippen molar-refractivity contribution in [3.63, 3.8) is 0 Å². The van der Waals surface area contributed by atoms with Gasteiger partial charge in [-0.05, 0) is 6.92 Å². The first-order valence-electron chi connectivity index (χ1n) is 9.39. The third kappa shape index (κ3) is 3.89. The number of hydrogen-bond acceptors (Lipinski definition) is 7. The first-order valence-corrected chi connectivity index (χ1v) is 10.5. The number of halogens is 1. The van der Waals surface area contributed by atoms with Crippen molar-refractivity contribution in [3.05, 3.63) is 35.9 Å². The molecule has 7 atom stereocenters. The summed E-state index contributed by atoms with van der Waals surface area (Å²) in [4.78, 5) is 23.5. The van der Waals surface area contributed by atoms with Crippen LogP contribution in [-0.2, 0) is 33.3 Å². The number of alkyl halides is 1. The van der Waals surface area contributed by atoms with Crippen LogP contribution in [0.1, 0.15) is 31.6 Å². The molecule has 1 aromatic rings. The number of carbonyl (C=O) groups excluding carboxylic acids is 2. The summed E-state index contributed by atoms with van der Waals surface area (Å²) in [6, 6.07) is 9.74. The molecular formula is C20H23BrO7. The van der Waals surface area contributed by atoms with E-state index in [1.54, 1.807) is 6.92 Å². The van der Waals surface area contributed by atoms with Crippen LogP contribution in [-0.4, -0.2) is 60.3 Å². The summed E-state index contributed by atoms with van der Waals surface area (Å²) >= 11 is 3.07. The van der Waals surface area contributed by atoms with Gasteiger partial charge in [0, 0.05) is 18.4 Å². The molecule has 3 heterocycles. The number of esters is 1. The van der Waals surface area contributed by atoms with Gasteiger partial charge in [0.2, 0.25) is 0 Å². The summed E-state index contributed by atoms with van der Waals surface area (Å²) in [5.41, 5.74) is -0.258. The highest BCUT2D eigenvalue weighted by Gasteiger charge is 2.53. The summed E-state index contributed by atoms with van der Waals surface area (Å²) in [6.07, 6.45) is -0.483. The summed E-state index contributed by atoms with van der Waals surface area (Å²) in [6.45, 7) is 2.05. The minimum absolute atomic E-state index is 0.0562. The summed E-state index contributed by atoms with van der Waals surface area (Å²) in [5.74, 6) is -0.441. The summed E-state index contributed by atoms with van der Waals surface area (Å²) < 4.78 is 29.6. The SMILES string of the molecule is C[C@@]1(C=O)O[C@@H]2C[C@@H]3OC(c4ccccc4)OC[C@H]3O[C@H]2C[C@H]1OC(=O)CBr. The number of ether oxygens (including phenoxy) is 5. The fourth-order valence-electron chi connectivity index (χ4n) is 4.02. The molecular weight excluding hydrogens is 432 g/mol. The van der Waals surface area contributed by atoms with E-state index >= 15 is 0 Å². The highest BCUT2D eigenvalue weighted by atomic mass is 79.9. The van der Waals surface area contributed by atoms with Crippen LogP contribution < -0.4 is 0 Å². The Kier molecular flexibility index (Phi) is 5.85. The smallest absolute Gasteiger partial charge is 0.316 e. The molecule has 0 spiro atoms. The maximum absolute atomic E-state index is 11.7. The van der Waals surface area contributed by atoms with Crippen LogP contribution in [0.4, 0.5) is 0 Å². The van der Waals surface area contributed by atoms with Crippen molar-refractivity contribution in [2.24, 2.45) is 0 Å². The second-order valence-corrected chi connectivity index (χ2v) is 8.07. The number of hydrogen-bond donors (Lipinski definition) is 0. The van der Waals surface area contributed by atoms with E-state index in [0.717, 1.165) is 5.56 Å². The third-order valence-corrected chi connectivity index (χ3v) is 5.99. The van der Waals surface area contributed by atoms with Crippen LogP contribution in [0.25, 0.3) is 0 Å². The standard InChI is InChI=1S/C20H23BrO7/c1-20(11-22)17(27-18(23)9-21)8-14-15(28-20)7-13-16(25-14)10-24-19(26-13)12-5-3-2-4-6-12/h2-6,11,13-17,19H,7-10H2,1H3/t13-,14-,15+,16+,17+,19?,20-/m0/s1. The van der Waals surface area contributed by atoms with Crippen LogP contribution in [0.2, 0.25) is 0 Å². The van der Waals surface area contributed by atoms with Gasteiger partial charge in [0.25, 0.3) is 0 Å².